The van der Waals surface area contributed by atoms with Gasteiger partial charge in [-0.05, 0) is 0 Å². The Morgan fingerprint density at radius 3 is 2.33 bits per heavy atom. The summed E-state index contributed by atoms with van der Waals surface area (Å²) >= 11 is 3.02. The highest BCUT2D eigenvalue weighted by atomic mass is 79.9. The second kappa shape index (κ2) is 4.69. The molecule has 0 aliphatic heterocycles. The van der Waals surface area contributed by atoms with Crippen LogP contribution in [-0.4, -0.2) is 35.9 Å². The van der Waals surface area contributed by atoms with Crippen LogP contribution in [-0.2, 0) is 4.79 Å². The third-order valence-electron chi connectivity index (χ3n) is 1.20. The predicted molar refractivity (Wildman–Crippen MR) is 42.1 cm³/mol. The van der Waals surface area contributed by atoms with E-state index in [1.807, 2.05) is 0 Å². The predicted octanol–water partition coefficient (Wildman–Crippen LogP) is 1.79. The number of hydrogen-bond donors (Lipinski definition) is 0. The standard InChI is InChI=1S/C6H9BrF3NO/c1-11(3-2-7)5(12)4-6(8,9)10/h2-4H2,1H3. The van der Waals surface area contributed by atoms with Crippen molar-refractivity contribution < 1.29 is 18.0 Å². The minimum atomic E-state index is -4.41. The lowest BCUT2D eigenvalue weighted by Gasteiger charge is -2.16. The van der Waals surface area contributed by atoms with Crippen LogP contribution < -0.4 is 0 Å². The molecule has 0 fully saturated rings. The normalized spacial score (nSPS) is 11.4. The Bertz CT molecular complexity index is 159. The molecule has 1 amide bonds. The fraction of sp³-hybridized carbons (Fsp3) is 0.833. The lowest BCUT2D eigenvalue weighted by Crippen LogP contribution is -2.32. The summed E-state index contributed by atoms with van der Waals surface area (Å²) in [6.07, 6.45) is -5.78. The van der Waals surface area contributed by atoms with Gasteiger partial charge < -0.3 is 4.90 Å². The van der Waals surface area contributed by atoms with Gasteiger partial charge in [-0.2, -0.15) is 13.2 Å². The maximum Gasteiger partial charge on any atom is 0.397 e. The van der Waals surface area contributed by atoms with Crippen molar-refractivity contribution in [3.05, 3.63) is 0 Å². The Hall–Kier alpha value is -0.260. The molecule has 0 bridgehead atoms. The second-order valence-corrected chi connectivity index (χ2v) is 3.09. The van der Waals surface area contributed by atoms with Crippen molar-refractivity contribution >= 4 is 21.8 Å². The van der Waals surface area contributed by atoms with Crippen LogP contribution in [0.5, 0.6) is 0 Å². The summed E-state index contributed by atoms with van der Waals surface area (Å²) in [4.78, 5) is 11.8. The number of alkyl halides is 4. The van der Waals surface area contributed by atoms with Gasteiger partial charge in [0.15, 0.2) is 0 Å². The maximum absolute atomic E-state index is 11.6. The average molecular weight is 248 g/mol. The molecule has 0 aromatic rings. The Balaban J connectivity index is 3.87. The van der Waals surface area contributed by atoms with E-state index in [1.54, 1.807) is 0 Å². The van der Waals surface area contributed by atoms with Crippen molar-refractivity contribution in [2.75, 3.05) is 18.9 Å². The molecule has 0 heterocycles. The SMILES string of the molecule is CN(CCBr)C(=O)CC(F)(F)F. The third-order valence-corrected chi connectivity index (χ3v) is 1.55. The number of hydrogen-bond acceptors (Lipinski definition) is 1. The van der Waals surface area contributed by atoms with E-state index in [0.29, 0.717) is 5.33 Å². The van der Waals surface area contributed by atoms with Gasteiger partial charge in [0.2, 0.25) is 5.91 Å². The van der Waals surface area contributed by atoms with E-state index >= 15 is 0 Å². The summed E-state index contributed by atoms with van der Waals surface area (Å²) in [7, 11) is 1.34. The maximum atomic E-state index is 11.6. The fourth-order valence-corrected chi connectivity index (χ4v) is 1.09. The van der Waals surface area contributed by atoms with Gasteiger partial charge >= 0.3 is 6.18 Å². The van der Waals surface area contributed by atoms with Crippen LogP contribution in [0.3, 0.4) is 0 Å². The molecule has 0 unspecified atom stereocenters. The summed E-state index contributed by atoms with van der Waals surface area (Å²) in [6.45, 7) is 0.287. The lowest BCUT2D eigenvalue weighted by atomic mass is 10.3. The van der Waals surface area contributed by atoms with Gasteiger partial charge in [-0.1, -0.05) is 15.9 Å². The molecular weight excluding hydrogens is 239 g/mol. The van der Waals surface area contributed by atoms with Crippen LogP contribution in [0, 0.1) is 0 Å². The monoisotopic (exact) mass is 247 g/mol. The van der Waals surface area contributed by atoms with Crippen LogP contribution in [0.15, 0.2) is 0 Å². The largest absolute Gasteiger partial charge is 0.397 e. The van der Waals surface area contributed by atoms with Gasteiger partial charge in [0.05, 0.1) is 0 Å². The summed E-state index contributed by atoms with van der Waals surface area (Å²) in [5.41, 5.74) is 0. The highest BCUT2D eigenvalue weighted by molar-refractivity contribution is 9.09. The molecule has 2 nitrogen and oxygen atoms in total. The lowest BCUT2D eigenvalue weighted by molar-refractivity contribution is -0.160. The van der Waals surface area contributed by atoms with Crippen molar-refractivity contribution in [2.24, 2.45) is 0 Å². The summed E-state index contributed by atoms with van der Waals surface area (Å²) < 4.78 is 34.9. The summed E-state index contributed by atoms with van der Waals surface area (Å²) in [5, 5.41) is 0.479. The smallest absolute Gasteiger partial charge is 0.345 e. The van der Waals surface area contributed by atoms with E-state index in [9.17, 15) is 18.0 Å². The number of halogens is 4. The van der Waals surface area contributed by atoms with Crippen LogP contribution in [0.1, 0.15) is 6.42 Å². The Labute approximate surface area is 76.8 Å². The van der Waals surface area contributed by atoms with Crippen molar-refractivity contribution in [2.45, 2.75) is 12.6 Å². The van der Waals surface area contributed by atoms with E-state index in [0.717, 1.165) is 4.90 Å². The van der Waals surface area contributed by atoms with Crippen LogP contribution >= 0.6 is 15.9 Å². The molecule has 72 valence electrons. The van der Waals surface area contributed by atoms with Gasteiger partial charge in [-0.15, -0.1) is 0 Å². The number of nitrogens with zero attached hydrogens (tertiary/aromatic N) is 1. The molecule has 0 radical (unpaired) electrons. The highest BCUT2D eigenvalue weighted by Gasteiger charge is 2.32. The number of carbonyl (C=O) groups excluding carboxylic acids is 1. The van der Waals surface area contributed by atoms with E-state index in [2.05, 4.69) is 15.9 Å². The molecule has 0 spiro atoms. The number of amides is 1. The summed E-state index contributed by atoms with van der Waals surface area (Å²) in [6, 6.07) is 0. The van der Waals surface area contributed by atoms with E-state index < -0.39 is 18.5 Å². The zero-order valence-corrected chi connectivity index (χ0v) is 8.07. The van der Waals surface area contributed by atoms with Crippen molar-refractivity contribution in [1.82, 2.24) is 4.90 Å². The van der Waals surface area contributed by atoms with Gasteiger partial charge in [0, 0.05) is 18.9 Å². The van der Waals surface area contributed by atoms with E-state index in [4.69, 9.17) is 0 Å². The summed E-state index contributed by atoms with van der Waals surface area (Å²) in [5.74, 6) is -0.901. The van der Waals surface area contributed by atoms with Gasteiger partial charge in [0.25, 0.3) is 0 Å². The van der Waals surface area contributed by atoms with Crippen LogP contribution in [0.4, 0.5) is 13.2 Å². The Morgan fingerprint density at radius 1 is 1.50 bits per heavy atom. The number of carbonyl (C=O) groups is 1. The topological polar surface area (TPSA) is 20.3 Å². The molecular formula is C6H9BrF3NO. The van der Waals surface area contributed by atoms with Gasteiger partial charge in [-0.25, -0.2) is 0 Å². The Morgan fingerprint density at radius 2 is 2.00 bits per heavy atom. The molecule has 6 heteroatoms. The van der Waals surface area contributed by atoms with Gasteiger partial charge in [0.1, 0.15) is 6.42 Å². The van der Waals surface area contributed by atoms with Crippen molar-refractivity contribution in [3.8, 4) is 0 Å². The molecule has 0 aromatic heterocycles. The first kappa shape index (κ1) is 11.7. The Kier molecular flexibility index (Phi) is 4.59. The van der Waals surface area contributed by atoms with Crippen molar-refractivity contribution in [1.29, 1.82) is 0 Å². The van der Waals surface area contributed by atoms with Crippen molar-refractivity contribution in [3.63, 3.8) is 0 Å². The first-order valence-electron chi connectivity index (χ1n) is 3.23. The zero-order chi connectivity index (χ0) is 9.78. The zero-order valence-electron chi connectivity index (χ0n) is 6.49. The quantitative estimate of drug-likeness (QED) is 0.697. The fourth-order valence-electron chi connectivity index (χ4n) is 0.558. The second-order valence-electron chi connectivity index (χ2n) is 2.30. The first-order chi connectivity index (χ1) is 5.37. The minimum absolute atomic E-state index is 0.287. The molecule has 0 N–H and O–H groups in total. The van der Waals surface area contributed by atoms with E-state index in [1.165, 1.54) is 7.05 Å². The van der Waals surface area contributed by atoms with E-state index in [-0.39, 0.29) is 6.54 Å². The molecule has 0 atom stereocenters. The van der Waals surface area contributed by atoms with Crippen LogP contribution in [0.25, 0.3) is 0 Å². The first-order valence-corrected chi connectivity index (χ1v) is 4.35. The van der Waals surface area contributed by atoms with Crippen LogP contribution in [0.2, 0.25) is 0 Å². The molecule has 0 rings (SSSR count). The number of rotatable bonds is 3. The molecule has 0 aliphatic rings. The third kappa shape index (κ3) is 5.40. The van der Waals surface area contributed by atoms with Gasteiger partial charge in [-0.3, -0.25) is 4.79 Å². The molecule has 12 heavy (non-hydrogen) atoms. The molecule has 0 saturated heterocycles. The minimum Gasteiger partial charge on any atom is -0.345 e. The molecule has 0 saturated carbocycles. The molecule has 0 aliphatic carbocycles. The molecule has 0 aromatic carbocycles. The highest BCUT2D eigenvalue weighted by Crippen LogP contribution is 2.20. The average Bonchev–Trinajstić information content (AvgIpc) is 1.84.